The molecule has 98 valence electrons. The van der Waals surface area contributed by atoms with Crippen LogP contribution in [0.15, 0.2) is 18.3 Å². The van der Waals surface area contributed by atoms with E-state index in [1.807, 2.05) is 12.1 Å². The monoisotopic (exact) mass is 247 g/mol. The van der Waals surface area contributed by atoms with Gasteiger partial charge in [-0.25, -0.2) is 0 Å². The number of rotatable bonds is 4. The van der Waals surface area contributed by atoms with E-state index < -0.39 is 0 Å². The summed E-state index contributed by atoms with van der Waals surface area (Å²) in [7, 11) is 0. The number of carbonyl (C=O) groups excluding carboxylic acids is 1. The Kier molecular flexibility index (Phi) is 4.31. The van der Waals surface area contributed by atoms with E-state index in [2.05, 4.69) is 29.0 Å². The average molecular weight is 247 g/mol. The van der Waals surface area contributed by atoms with Crippen molar-refractivity contribution in [2.75, 3.05) is 18.4 Å². The Labute approximate surface area is 108 Å². The second kappa shape index (κ2) is 5.96. The van der Waals surface area contributed by atoms with Crippen molar-refractivity contribution in [3.63, 3.8) is 0 Å². The lowest BCUT2D eigenvalue weighted by atomic mass is 10.0. The molecule has 2 heterocycles. The number of anilines is 1. The highest BCUT2D eigenvalue weighted by molar-refractivity contribution is 5.81. The third kappa shape index (κ3) is 3.07. The van der Waals surface area contributed by atoms with Gasteiger partial charge in [0.05, 0.1) is 5.69 Å². The summed E-state index contributed by atoms with van der Waals surface area (Å²) in [5.41, 5.74) is 1.36. The summed E-state index contributed by atoms with van der Waals surface area (Å²) in [6.07, 6.45) is 4.69. The van der Waals surface area contributed by atoms with Gasteiger partial charge in [-0.3, -0.25) is 9.78 Å². The Bertz CT molecular complexity index is 398. The molecule has 1 aromatic rings. The maximum Gasteiger partial charge on any atom is 0.170 e. The Morgan fingerprint density at radius 2 is 2.17 bits per heavy atom. The molecule has 0 atom stereocenters. The second-order valence-corrected chi connectivity index (χ2v) is 5.10. The van der Waals surface area contributed by atoms with Gasteiger partial charge in [0.25, 0.3) is 0 Å². The Hall–Kier alpha value is -1.42. The molecule has 0 amide bonds. The van der Waals surface area contributed by atoms with E-state index in [4.69, 9.17) is 0 Å². The zero-order chi connectivity index (χ0) is 13.0. The first-order valence-corrected chi connectivity index (χ1v) is 6.61. The summed E-state index contributed by atoms with van der Waals surface area (Å²) in [4.78, 5) is 17.5. The van der Waals surface area contributed by atoms with Crippen LogP contribution in [0.1, 0.15) is 37.2 Å². The quantitative estimate of drug-likeness (QED) is 0.828. The molecular weight excluding hydrogens is 226 g/mol. The van der Waals surface area contributed by atoms with Crippen molar-refractivity contribution in [3.8, 4) is 0 Å². The fourth-order valence-electron chi connectivity index (χ4n) is 2.41. The number of nitrogens with zero attached hydrogens (tertiary/aromatic N) is 2. The third-order valence-electron chi connectivity index (χ3n) is 3.57. The van der Waals surface area contributed by atoms with E-state index in [1.165, 1.54) is 0 Å². The van der Waals surface area contributed by atoms with Gasteiger partial charge in [-0.1, -0.05) is 0 Å². The lowest BCUT2D eigenvalue weighted by Gasteiger charge is -2.35. The van der Waals surface area contributed by atoms with Crippen LogP contribution in [0.25, 0.3) is 0 Å². The number of pyridine rings is 1. The predicted molar refractivity (Wildman–Crippen MR) is 73.0 cm³/mol. The summed E-state index contributed by atoms with van der Waals surface area (Å²) in [5, 5.41) is 3.44. The molecule has 1 aliphatic heterocycles. The number of aromatic nitrogens is 1. The summed E-state index contributed by atoms with van der Waals surface area (Å²) >= 11 is 0. The van der Waals surface area contributed by atoms with Crippen molar-refractivity contribution >= 4 is 12.0 Å². The van der Waals surface area contributed by atoms with Crippen LogP contribution in [0.3, 0.4) is 0 Å². The molecule has 1 aliphatic rings. The number of piperidine rings is 1. The largest absolute Gasteiger partial charge is 0.380 e. The van der Waals surface area contributed by atoms with Gasteiger partial charge < -0.3 is 10.2 Å². The van der Waals surface area contributed by atoms with Gasteiger partial charge in [-0.2, -0.15) is 0 Å². The number of hydrogen-bond donors (Lipinski definition) is 1. The minimum Gasteiger partial charge on any atom is -0.380 e. The first-order valence-electron chi connectivity index (χ1n) is 6.61. The highest BCUT2D eigenvalue weighted by Crippen LogP contribution is 2.19. The molecule has 0 aliphatic carbocycles. The summed E-state index contributed by atoms with van der Waals surface area (Å²) in [6.45, 7) is 6.71. The van der Waals surface area contributed by atoms with E-state index in [0.29, 0.717) is 17.8 Å². The van der Waals surface area contributed by atoms with Crippen molar-refractivity contribution in [3.05, 3.63) is 24.0 Å². The zero-order valence-corrected chi connectivity index (χ0v) is 11.1. The van der Waals surface area contributed by atoms with Crippen molar-refractivity contribution < 1.29 is 4.79 Å². The van der Waals surface area contributed by atoms with Crippen LogP contribution in [-0.4, -0.2) is 41.3 Å². The maximum absolute atomic E-state index is 10.9. The molecule has 18 heavy (non-hydrogen) atoms. The molecule has 0 saturated carbocycles. The van der Waals surface area contributed by atoms with Crippen LogP contribution >= 0.6 is 0 Å². The van der Waals surface area contributed by atoms with E-state index in [9.17, 15) is 4.79 Å². The SMILES string of the molecule is CC(C)N1CCC(Nc2cccnc2C=O)CC1. The maximum atomic E-state index is 10.9. The Morgan fingerprint density at radius 3 is 2.78 bits per heavy atom. The molecule has 0 unspecified atom stereocenters. The minimum atomic E-state index is 0.447. The highest BCUT2D eigenvalue weighted by Gasteiger charge is 2.21. The van der Waals surface area contributed by atoms with Gasteiger partial charge in [0.15, 0.2) is 6.29 Å². The van der Waals surface area contributed by atoms with Crippen LogP contribution in [0.2, 0.25) is 0 Å². The highest BCUT2D eigenvalue weighted by atomic mass is 16.1. The summed E-state index contributed by atoms with van der Waals surface area (Å²) in [6, 6.07) is 4.85. The zero-order valence-electron chi connectivity index (χ0n) is 11.1. The lowest BCUT2D eigenvalue weighted by molar-refractivity contribution is 0.111. The Balaban J connectivity index is 1.93. The van der Waals surface area contributed by atoms with Gasteiger partial charge in [0, 0.05) is 31.4 Å². The molecule has 1 N–H and O–H groups in total. The fourth-order valence-corrected chi connectivity index (χ4v) is 2.41. The van der Waals surface area contributed by atoms with Gasteiger partial charge >= 0.3 is 0 Å². The molecule has 4 nitrogen and oxygen atoms in total. The first-order chi connectivity index (χ1) is 8.70. The molecule has 1 saturated heterocycles. The number of likely N-dealkylation sites (tertiary alicyclic amines) is 1. The molecule has 0 spiro atoms. The van der Waals surface area contributed by atoms with Gasteiger partial charge in [-0.05, 0) is 38.8 Å². The van der Waals surface area contributed by atoms with E-state index in [-0.39, 0.29) is 0 Å². The second-order valence-electron chi connectivity index (χ2n) is 5.10. The number of carbonyl (C=O) groups is 1. The van der Waals surface area contributed by atoms with Gasteiger partial charge in [0.1, 0.15) is 5.69 Å². The van der Waals surface area contributed by atoms with Crippen molar-refractivity contribution in [2.45, 2.75) is 38.8 Å². The van der Waals surface area contributed by atoms with Crippen molar-refractivity contribution in [1.29, 1.82) is 0 Å². The fraction of sp³-hybridized carbons (Fsp3) is 0.571. The van der Waals surface area contributed by atoms with Crippen molar-refractivity contribution in [1.82, 2.24) is 9.88 Å². The molecule has 1 fully saturated rings. The van der Waals surface area contributed by atoms with Crippen LogP contribution in [0.4, 0.5) is 5.69 Å². The van der Waals surface area contributed by atoms with E-state index in [0.717, 1.165) is 37.9 Å². The number of hydrogen-bond acceptors (Lipinski definition) is 4. The minimum absolute atomic E-state index is 0.447. The lowest BCUT2D eigenvalue weighted by Crippen LogP contribution is -2.42. The predicted octanol–water partition coefficient (Wildman–Crippen LogP) is 2.18. The van der Waals surface area contributed by atoms with E-state index in [1.54, 1.807) is 6.20 Å². The topological polar surface area (TPSA) is 45.2 Å². The standard InChI is InChI=1S/C14H21N3O/c1-11(2)17-8-5-12(6-9-17)16-13-4-3-7-15-14(13)10-18/h3-4,7,10-12,16H,5-6,8-9H2,1-2H3. The van der Waals surface area contributed by atoms with Crippen molar-refractivity contribution in [2.24, 2.45) is 0 Å². The summed E-state index contributed by atoms with van der Waals surface area (Å²) < 4.78 is 0. The average Bonchev–Trinajstić information content (AvgIpc) is 2.40. The van der Waals surface area contributed by atoms with Crippen LogP contribution in [-0.2, 0) is 0 Å². The molecular formula is C14H21N3O. The Morgan fingerprint density at radius 1 is 1.44 bits per heavy atom. The molecule has 4 heteroatoms. The molecule has 2 rings (SSSR count). The molecule has 1 aromatic heterocycles. The normalized spacial score (nSPS) is 17.9. The van der Waals surface area contributed by atoms with Crippen LogP contribution in [0, 0.1) is 0 Å². The molecule has 0 aromatic carbocycles. The smallest absolute Gasteiger partial charge is 0.170 e. The summed E-state index contributed by atoms with van der Waals surface area (Å²) in [5.74, 6) is 0. The van der Waals surface area contributed by atoms with Gasteiger partial charge in [0.2, 0.25) is 0 Å². The number of aldehydes is 1. The first kappa shape index (κ1) is 13.0. The number of nitrogens with one attached hydrogen (secondary N) is 1. The third-order valence-corrected chi connectivity index (χ3v) is 3.57. The van der Waals surface area contributed by atoms with Gasteiger partial charge in [-0.15, -0.1) is 0 Å². The van der Waals surface area contributed by atoms with Crippen LogP contribution < -0.4 is 5.32 Å². The molecule has 0 radical (unpaired) electrons. The van der Waals surface area contributed by atoms with Crippen LogP contribution in [0.5, 0.6) is 0 Å². The van der Waals surface area contributed by atoms with E-state index >= 15 is 0 Å². The molecule has 0 bridgehead atoms.